The lowest BCUT2D eigenvalue weighted by Gasteiger charge is -2.33. The molecule has 1 rings (SSSR count). The quantitative estimate of drug-likeness (QED) is 0.126. The highest BCUT2D eigenvalue weighted by Gasteiger charge is 2.33. The van der Waals surface area contributed by atoms with Crippen molar-refractivity contribution in [3.05, 3.63) is 60.8 Å². The fraction of sp³-hybridized carbons (Fsp3) is 0.613. The number of primary amides is 1. The SMILES string of the molecule is C=C/C=C\[C@H](C)[C@H](OC(N)=O)[C@@H](C)[C@H](O)[C@@H](C)C/C(C)=C\[C@H](C)[C@@H](O)[C@@H](C)/C=C\[C@@H](O)C[C@H]1CC=CC(=O)O1. The average Bonchev–Trinajstić information content (AvgIpc) is 2.87. The van der Waals surface area contributed by atoms with Gasteiger partial charge < -0.3 is 30.5 Å². The molecule has 0 aromatic rings. The Morgan fingerprint density at radius 3 is 2.36 bits per heavy atom. The number of rotatable bonds is 16. The number of carbonyl (C=O) groups excluding carboxylic acids is 2. The molecule has 10 atom stereocenters. The number of aliphatic hydroxyl groups is 3. The molecule has 1 aliphatic rings. The highest BCUT2D eigenvalue weighted by Crippen LogP contribution is 2.29. The molecule has 1 heterocycles. The van der Waals surface area contributed by atoms with E-state index < -0.39 is 36.5 Å². The van der Waals surface area contributed by atoms with Gasteiger partial charge in [0.15, 0.2) is 0 Å². The molecule has 1 aliphatic heterocycles. The Labute approximate surface area is 234 Å². The molecule has 0 aromatic heterocycles. The topological polar surface area (TPSA) is 139 Å². The molecule has 0 unspecified atom stereocenters. The Balaban J connectivity index is 2.72. The minimum absolute atomic E-state index is 0.133. The molecule has 0 fully saturated rings. The van der Waals surface area contributed by atoms with Gasteiger partial charge in [-0.2, -0.15) is 0 Å². The second-order valence-corrected chi connectivity index (χ2v) is 11.0. The zero-order chi connectivity index (χ0) is 29.7. The zero-order valence-corrected chi connectivity index (χ0v) is 24.3. The normalized spacial score (nSPS) is 23.4. The van der Waals surface area contributed by atoms with Gasteiger partial charge in [-0.15, -0.1) is 0 Å². The van der Waals surface area contributed by atoms with Crippen LogP contribution in [-0.2, 0) is 14.3 Å². The van der Waals surface area contributed by atoms with E-state index >= 15 is 0 Å². The van der Waals surface area contributed by atoms with Gasteiger partial charge in [-0.05, 0) is 19.3 Å². The third-order valence-corrected chi connectivity index (χ3v) is 7.31. The summed E-state index contributed by atoms with van der Waals surface area (Å²) in [6.45, 7) is 15.1. The highest BCUT2D eigenvalue weighted by atomic mass is 16.6. The van der Waals surface area contributed by atoms with Crippen LogP contribution in [0.25, 0.3) is 0 Å². The van der Waals surface area contributed by atoms with E-state index in [0.29, 0.717) is 19.3 Å². The predicted molar refractivity (Wildman–Crippen MR) is 153 cm³/mol. The summed E-state index contributed by atoms with van der Waals surface area (Å²) in [5.41, 5.74) is 6.31. The monoisotopic (exact) mass is 547 g/mol. The maximum absolute atomic E-state index is 11.5. The summed E-state index contributed by atoms with van der Waals surface area (Å²) in [7, 11) is 0. The molecular weight excluding hydrogens is 498 g/mol. The summed E-state index contributed by atoms with van der Waals surface area (Å²) >= 11 is 0. The first kappa shape index (κ1) is 34.3. The molecule has 220 valence electrons. The molecule has 1 amide bonds. The number of carbonyl (C=O) groups is 2. The molecule has 0 saturated heterocycles. The number of ether oxygens (including phenoxy) is 2. The molecule has 39 heavy (non-hydrogen) atoms. The van der Waals surface area contributed by atoms with E-state index in [1.165, 1.54) is 6.08 Å². The maximum atomic E-state index is 11.5. The van der Waals surface area contributed by atoms with E-state index in [4.69, 9.17) is 15.2 Å². The first-order valence-corrected chi connectivity index (χ1v) is 13.8. The van der Waals surface area contributed by atoms with Gasteiger partial charge in [-0.25, -0.2) is 9.59 Å². The van der Waals surface area contributed by atoms with Gasteiger partial charge in [0.25, 0.3) is 0 Å². The van der Waals surface area contributed by atoms with E-state index in [-0.39, 0.29) is 35.7 Å². The van der Waals surface area contributed by atoms with Crippen molar-refractivity contribution >= 4 is 12.1 Å². The second-order valence-electron chi connectivity index (χ2n) is 11.0. The summed E-state index contributed by atoms with van der Waals surface area (Å²) in [6.07, 6.45) is 11.3. The predicted octanol–water partition coefficient (Wildman–Crippen LogP) is 4.61. The van der Waals surface area contributed by atoms with Gasteiger partial charge in [-0.1, -0.05) is 89.3 Å². The number of cyclic esters (lactones) is 1. The van der Waals surface area contributed by atoms with Crippen molar-refractivity contribution in [3.8, 4) is 0 Å². The summed E-state index contributed by atoms with van der Waals surface area (Å²) in [4.78, 5) is 22.8. The van der Waals surface area contributed by atoms with Crippen LogP contribution in [0.15, 0.2) is 60.8 Å². The lowest BCUT2D eigenvalue weighted by atomic mass is 9.81. The number of hydrogen-bond acceptors (Lipinski definition) is 7. The summed E-state index contributed by atoms with van der Waals surface area (Å²) < 4.78 is 10.5. The number of hydrogen-bond donors (Lipinski definition) is 4. The number of aliphatic hydroxyl groups excluding tert-OH is 3. The highest BCUT2D eigenvalue weighted by molar-refractivity contribution is 5.82. The Bertz CT molecular complexity index is 909. The van der Waals surface area contributed by atoms with Gasteiger partial charge in [0.1, 0.15) is 12.2 Å². The molecule has 8 nitrogen and oxygen atoms in total. The molecule has 8 heteroatoms. The van der Waals surface area contributed by atoms with Crippen LogP contribution in [-0.4, -0.2) is 57.9 Å². The lowest BCUT2D eigenvalue weighted by molar-refractivity contribution is -0.145. The van der Waals surface area contributed by atoms with E-state index in [1.807, 2.05) is 53.7 Å². The van der Waals surface area contributed by atoms with Gasteiger partial charge >= 0.3 is 12.1 Å². The van der Waals surface area contributed by atoms with E-state index in [2.05, 4.69) is 6.58 Å². The van der Waals surface area contributed by atoms with Crippen LogP contribution >= 0.6 is 0 Å². The van der Waals surface area contributed by atoms with Crippen molar-refractivity contribution in [1.29, 1.82) is 0 Å². The molecule has 0 spiro atoms. The van der Waals surface area contributed by atoms with Crippen molar-refractivity contribution in [3.63, 3.8) is 0 Å². The molecular formula is C31H49NO7. The van der Waals surface area contributed by atoms with Crippen LogP contribution in [0.3, 0.4) is 0 Å². The molecule has 0 saturated carbocycles. The van der Waals surface area contributed by atoms with Crippen molar-refractivity contribution in [2.75, 3.05) is 0 Å². The fourth-order valence-electron chi connectivity index (χ4n) is 5.10. The minimum Gasteiger partial charge on any atom is -0.459 e. The Kier molecular flexibility index (Phi) is 15.1. The fourth-order valence-corrected chi connectivity index (χ4v) is 5.10. The van der Waals surface area contributed by atoms with E-state index in [0.717, 1.165) is 5.57 Å². The van der Waals surface area contributed by atoms with Crippen molar-refractivity contribution in [2.24, 2.45) is 35.3 Å². The third-order valence-electron chi connectivity index (χ3n) is 7.31. The van der Waals surface area contributed by atoms with Crippen LogP contribution in [0.2, 0.25) is 0 Å². The number of allylic oxidation sites excluding steroid dienone is 3. The summed E-state index contributed by atoms with van der Waals surface area (Å²) in [5, 5.41) is 32.2. The standard InChI is InChI=1S/C31H49NO7/c1-8-9-11-21(4)30(39-31(32)37)24(7)29(36)23(6)17-19(2)16-22(5)28(35)20(3)14-15-25(33)18-26-12-10-13-27(34)38-26/h8-11,13-16,20-26,28-30,33,35-36H,1,12,17-18H2,2-7H3,(H2,32,37)/b11-9-,15-14-,19-16-/t20-,21-,22-,23-,24-,25+,26+,28-,29+,30-/m0/s1. The van der Waals surface area contributed by atoms with Crippen LogP contribution in [0.5, 0.6) is 0 Å². The third kappa shape index (κ3) is 12.4. The van der Waals surface area contributed by atoms with Gasteiger partial charge in [0, 0.05) is 42.6 Å². The van der Waals surface area contributed by atoms with Crippen molar-refractivity contribution < 1.29 is 34.4 Å². The summed E-state index contributed by atoms with van der Waals surface area (Å²) in [5.74, 6) is -1.44. The smallest absolute Gasteiger partial charge is 0.404 e. The van der Waals surface area contributed by atoms with Crippen molar-refractivity contribution in [1.82, 2.24) is 0 Å². The number of amides is 1. The summed E-state index contributed by atoms with van der Waals surface area (Å²) in [6, 6.07) is 0. The molecule has 0 radical (unpaired) electrons. The number of nitrogens with two attached hydrogens (primary N) is 1. The molecule has 5 N–H and O–H groups in total. The van der Waals surface area contributed by atoms with Crippen LogP contribution in [0, 0.1) is 29.6 Å². The number of esters is 1. The first-order valence-electron chi connectivity index (χ1n) is 13.8. The van der Waals surface area contributed by atoms with E-state index in [1.54, 1.807) is 30.4 Å². The van der Waals surface area contributed by atoms with E-state index in [9.17, 15) is 24.9 Å². The largest absolute Gasteiger partial charge is 0.459 e. The van der Waals surface area contributed by atoms with Crippen LogP contribution in [0.1, 0.15) is 60.8 Å². The molecule has 0 aliphatic carbocycles. The minimum atomic E-state index is -0.880. The Morgan fingerprint density at radius 1 is 1.10 bits per heavy atom. The molecule has 0 bridgehead atoms. The van der Waals surface area contributed by atoms with Gasteiger partial charge in [0.2, 0.25) is 0 Å². The second kappa shape index (κ2) is 17.1. The van der Waals surface area contributed by atoms with Gasteiger partial charge in [0.05, 0.1) is 18.3 Å². The van der Waals surface area contributed by atoms with Gasteiger partial charge in [-0.3, -0.25) is 0 Å². The Morgan fingerprint density at radius 2 is 1.77 bits per heavy atom. The average molecular weight is 548 g/mol. The maximum Gasteiger partial charge on any atom is 0.404 e. The van der Waals surface area contributed by atoms with Crippen LogP contribution in [0.4, 0.5) is 4.79 Å². The zero-order valence-electron chi connectivity index (χ0n) is 24.3. The van der Waals surface area contributed by atoms with Crippen molar-refractivity contribution in [2.45, 2.75) is 91.3 Å². The lowest BCUT2D eigenvalue weighted by Crippen LogP contribution is -2.41. The molecule has 0 aromatic carbocycles. The first-order chi connectivity index (χ1) is 18.3. The Hall–Kier alpha value is -2.68. The van der Waals surface area contributed by atoms with Crippen LogP contribution < -0.4 is 5.73 Å².